The van der Waals surface area contributed by atoms with Gasteiger partial charge in [-0.1, -0.05) is 0 Å². The average molecular weight is 392 g/mol. The molecule has 0 atom stereocenters. The molecule has 0 aromatic carbocycles. The number of carbonyl (C=O) groups is 3. The van der Waals surface area contributed by atoms with E-state index in [2.05, 4.69) is 0 Å². The molecule has 3 N–H and O–H groups in total. The van der Waals surface area contributed by atoms with Crippen LogP contribution in [0.5, 0.6) is 0 Å². The van der Waals surface area contributed by atoms with E-state index >= 15 is 0 Å². The molecular formula is C3H3BiO9. The predicted octanol–water partition coefficient (Wildman–Crippen LogP) is -3.72. The second-order valence-corrected chi connectivity index (χ2v) is 0.798. The van der Waals surface area contributed by atoms with E-state index in [1.807, 2.05) is 0 Å². The third-order valence-electron chi connectivity index (χ3n) is 0. The maximum atomic E-state index is 8.44. The Morgan fingerprint density at radius 3 is 0.692 bits per heavy atom. The molecule has 0 amide bonds. The van der Waals surface area contributed by atoms with E-state index in [4.69, 9.17) is 45.0 Å². The van der Waals surface area contributed by atoms with Crippen molar-refractivity contribution in [1.29, 1.82) is 0 Å². The molecule has 0 aromatic rings. The summed E-state index contributed by atoms with van der Waals surface area (Å²) in [5, 5.41) is 45.9. The van der Waals surface area contributed by atoms with E-state index < -0.39 is 18.5 Å². The van der Waals surface area contributed by atoms with Crippen LogP contribution in [-0.2, 0) is 0 Å². The van der Waals surface area contributed by atoms with Gasteiger partial charge < -0.3 is 45.0 Å². The molecular weight excluding hydrogens is 389 g/mol. The quantitative estimate of drug-likeness (QED) is 0.349. The van der Waals surface area contributed by atoms with Crippen LogP contribution in [0.4, 0.5) is 14.4 Å². The first-order valence-electron chi connectivity index (χ1n) is 1.90. The molecule has 0 fully saturated rings. The molecule has 0 aromatic heterocycles. The standard InChI is InChI=1S/3CH2O3.Bi/c3*2-1(3)4;/h3*(H2,2,3,4);/q;;;+3/p-3. The van der Waals surface area contributed by atoms with Gasteiger partial charge in [-0.25, -0.2) is 0 Å². The van der Waals surface area contributed by atoms with Crippen molar-refractivity contribution < 1.29 is 45.0 Å². The zero-order chi connectivity index (χ0) is 10.7. The summed E-state index contributed by atoms with van der Waals surface area (Å²) >= 11 is 0. The second kappa shape index (κ2) is 17.0. The fraction of sp³-hybridized carbons (Fsp3) is 0. The number of hydrogen-bond acceptors (Lipinski definition) is 6. The third-order valence-corrected chi connectivity index (χ3v) is 0. The molecule has 0 heterocycles. The van der Waals surface area contributed by atoms with Gasteiger partial charge >= 0.3 is 26.2 Å². The van der Waals surface area contributed by atoms with Gasteiger partial charge in [-0.3, -0.25) is 0 Å². The van der Waals surface area contributed by atoms with Crippen LogP contribution in [0, 0.1) is 0 Å². The normalized spacial score (nSPS) is 5.54. The Bertz CT molecular complexity index is 112. The van der Waals surface area contributed by atoms with Gasteiger partial charge in [0.05, 0.1) is 0 Å². The Balaban J connectivity index is -0.0000000450. The average Bonchev–Trinajstić information content (AvgIpc) is 1.54. The zero-order valence-corrected chi connectivity index (χ0v) is 9.22. The van der Waals surface area contributed by atoms with E-state index in [1.165, 1.54) is 0 Å². The molecule has 0 aliphatic rings. The summed E-state index contributed by atoms with van der Waals surface area (Å²) in [6.07, 6.45) is -6.25. The molecule has 2 radical (unpaired) electrons. The van der Waals surface area contributed by atoms with Gasteiger partial charge in [-0.2, -0.15) is 0 Å². The van der Waals surface area contributed by atoms with Crippen LogP contribution in [-0.4, -0.2) is 60.0 Å². The molecule has 0 aliphatic heterocycles. The van der Waals surface area contributed by atoms with Crippen LogP contribution in [0.3, 0.4) is 0 Å². The summed E-state index contributed by atoms with van der Waals surface area (Å²) < 4.78 is 0. The Morgan fingerprint density at radius 2 is 0.692 bits per heavy atom. The number of hydrogen-bond donors (Lipinski definition) is 3. The van der Waals surface area contributed by atoms with Gasteiger partial charge in [0.1, 0.15) is 0 Å². The molecule has 0 rings (SSSR count). The summed E-state index contributed by atoms with van der Waals surface area (Å²) in [5.74, 6) is 0. The first-order chi connectivity index (χ1) is 5.20. The monoisotopic (exact) mass is 392 g/mol. The van der Waals surface area contributed by atoms with Crippen molar-refractivity contribution in [3.05, 3.63) is 0 Å². The molecule has 0 unspecified atom stereocenters. The van der Waals surface area contributed by atoms with Gasteiger partial charge in [0, 0.05) is 0 Å². The topological polar surface area (TPSA) is 181 Å². The van der Waals surface area contributed by atoms with Crippen molar-refractivity contribution in [2.45, 2.75) is 0 Å². The minimum Gasteiger partial charge on any atom is -0.565 e. The van der Waals surface area contributed by atoms with Crippen LogP contribution in [0.15, 0.2) is 0 Å². The van der Waals surface area contributed by atoms with Crippen molar-refractivity contribution in [2.75, 3.05) is 0 Å². The van der Waals surface area contributed by atoms with Crippen LogP contribution >= 0.6 is 0 Å². The van der Waals surface area contributed by atoms with Crippen LogP contribution < -0.4 is 15.3 Å². The fourth-order valence-corrected chi connectivity index (χ4v) is 0. The molecule has 0 saturated heterocycles. The SMILES string of the molecule is O=C([O-])O.O=C([O-])O.O=C([O-])O.[Bi+3]. The van der Waals surface area contributed by atoms with Gasteiger partial charge in [0.15, 0.2) is 0 Å². The first-order valence-corrected chi connectivity index (χ1v) is 1.90. The molecule has 0 saturated carbocycles. The van der Waals surface area contributed by atoms with Gasteiger partial charge in [-0.15, -0.1) is 0 Å². The van der Waals surface area contributed by atoms with Gasteiger partial charge in [-0.05, 0) is 0 Å². The summed E-state index contributed by atoms with van der Waals surface area (Å²) in [4.78, 5) is 25.3. The van der Waals surface area contributed by atoms with Crippen molar-refractivity contribution in [3.8, 4) is 0 Å². The van der Waals surface area contributed by atoms with Crippen molar-refractivity contribution in [3.63, 3.8) is 0 Å². The van der Waals surface area contributed by atoms with Crippen LogP contribution in [0.2, 0.25) is 0 Å². The fourth-order valence-electron chi connectivity index (χ4n) is 0. The largest absolute Gasteiger partial charge is 3.00 e. The molecule has 74 valence electrons. The van der Waals surface area contributed by atoms with E-state index in [0.29, 0.717) is 0 Å². The number of carboxylic acid groups (broad SMARTS) is 6. The minimum absolute atomic E-state index is 0. The second-order valence-electron chi connectivity index (χ2n) is 0.798. The zero-order valence-electron chi connectivity index (χ0n) is 5.74. The van der Waals surface area contributed by atoms with Crippen molar-refractivity contribution >= 4 is 44.7 Å². The Labute approximate surface area is 90.0 Å². The van der Waals surface area contributed by atoms with E-state index in [1.54, 1.807) is 0 Å². The van der Waals surface area contributed by atoms with Crippen molar-refractivity contribution in [2.24, 2.45) is 0 Å². The van der Waals surface area contributed by atoms with Crippen LogP contribution in [0.25, 0.3) is 0 Å². The van der Waals surface area contributed by atoms with Crippen LogP contribution in [0.1, 0.15) is 0 Å². The Morgan fingerprint density at radius 1 is 0.692 bits per heavy atom. The Kier molecular flexibility index (Phi) is 29.5. The summed E-state index contributed by atoms with van der Waals surface area (Å²) in [6, 6.07) is 0. The predicted molar refractivity (Wildman–Crippen MR) is 29.8 cm³/mol. The Hall–Kier alpha value is -1.31. The summed E-state index contributed by atoms with van der Waals surface area (Å²) in [6.45, 7) is 0. The maximum Gasteiger partial charge on any atom is 3.00 e. The molecule has 13 heavy (non-hydrogen) atoms. The van der Waals surface area contributed by atoms with Gasteiger partial charge in [0.2, 0.25) is 18.5 Å². The van der Waals surface area contributed by atoms with E-state index in [9.17, 15) is 0 Å². The van der Waals surface area contributed by atoms with Crippen molar-refractivity contribution in [1.82, 2.24) is 0 Å². The molecule has 10 heteroatoms. The number of rotatable bonds is 0. The smallest absolute Gasteiger partial charge is 0.565 e. The van der Waals surface area contributed by atoms with Gasteiger partial charge in [0.25, 0.3) is 0 Å². The van der Waals surface area contributed by atoms with E-state index in [-0.39, 0.29) is 26.2 Å². The molecule has 0 aliphatic carbocycles. The minimum atomic E-state index is -2.08. The maximum absolute atomic E-state index is 8.44. The summed E-state index contributed by atoms with van der Waals surface area (Å²) in [5.41, 5.74) is 0. The first kappa shape index (κ1) is 22.6. The molecule has 9 nitrogen and oxygen atoms in total. The summed E-state index contributed by atoms with van der Waals surface area (Å²) in [7, 11) is 0. The molecule has 0 bridgehead atoms. The molecule has 0 spiro atoms. The third kappa shape index (κ3) is 473. The van der Waals surface area contributed by atoms with E-state index in [0.717, 1.165) is 0 Å².